The van der Waals surface area contributed by atoms with Gasteiger partial charge < -0.3 is 19.8 Å². The van der Waals surface area contributed by atoms with E-state index < -0.39 is 0 Å². The predicted molar refractivity (Wildman–Crippen MR) is 113 cm³/mol. The molecule has 2 aromatic heterocycles. The third kappa shape index (κ3) is 4.06. The Morgan fingerprint density at radius 2 is 2.04 bits per heavy atom. The zero-order valence-electron chi connectivity index (χ0n) is 16.2. The van der Waals surface area contributed by atoms with Gasteiger partial charge in [-0.25, -0.2) is 0 Å². The van der Waals surface area contributed by atoms with E-state index in [1.807, 2.05) is 37.3 Å². The quantitative estimate of drug-likeness (QED) is 0.657. The molecule has 0 saturated carbocycles. The van der Waals surface area contributed by atoms with Gasteiger partial charge in [0.05, 0.1) is 30.0 Å². The average Bonchev–Trinajstić information content (AvgIpc) is 3.23. The van der Waals surface area contributed by atoms with E-state index in [9.17, 15) is 4.79 Å². The summed E-state index contributed by atoms with van der Waals surface area (Å²) in [5, 5.41) is 2.95. The number of amides is 1. The Bertz CT molecular complexity index is 955. The maximum absolute atomic E-state index is 12.7. The number of anilines is 1. The van der Waals surface area contributed by atoms with Crippen molar-refractivity contribution >= 4 is 33.1 Å². The lowest BCUT2D eigenvalue weighted by Crippen LogP contribution is -2.35. The second kappa shape index (κ2) is 8.34. The molecule has 1 aromatic carbocycles. The molecule has 3 aromatic rings. The topological polar surface area (TPSA) is 66.6 Å². The number of aromatic amines is 1. The number of carbonyl (C=O) groups is 1. The molecule has 2 N–H and O–H groups in total. The van der Waals surface area contributed by atoms with Crippen molar-refractivity contribution in [2.24, 2.45) is 0 Å². The van der Waals surface area contributed by atoms with Gasteiger partial charge in [-0.1, -0.05) is 0 Å². The van der Waals surface area contributed by atoms with Crippen LogP contribution in [0.4, 0.5) is 5.69 Å². The second-order valence-electron chi connectivity index (χ2n) is 6.86. The normalized spacial score (nSPS) is 15.1. The molecule has 0 spiro atoms. The van der Waals surface area contributed by atoms with E-state index in [0.29, 0.717) is 12.3 Å². The molecule has 1 saturated heterocycles. The number of H-pyrrole nitrogens is 1. The van der Waals surface area contributed by atoms with Crippen molar-refractivity contribution < 1.29 is 14.3 Å². The predicted octanol–water partition coefficient (Wildman–Crippen LogP) is 4.02. The molecule has 0 atom stereocenters. The minimum Gasteiger partial charge on any atom is -0.494 e. The number of nitrogens with zero attached hydrogens (tertiary/aromatic N) is 1. The number of hydrogen-bond donors (Lipinski definition) is 2. The molecule has 0 aliphatic carbocycles. The second-order valence-corrected chi connectivity index (χ2v) is 8.12. The molecular weight excluding hydrogens is 374 g/mol. The first-order valence-electron chi connectivity index (χ1n) is 9.59. The molecular formula is C21H25N3O3S. The van der Waals surface area contributed by atoms with Crippen LogP contribution >= 0.6 is 11.3 Å². The summed E-state index contributed by atoms with van der Waals surface area (Å²) in [6.07, 6.45) is 0. The Hall–Kier alpha value is -2.35. The van der Waals surface area contributed by atoms with Gasteiger partial charge in [0.15, 0.2) is 0 Å². The molecule has 0 radical (unpaired) electrons. The Morgan fingerprint density at radius 1 is 1.29 bits per heavy atom. The van der Waals surface area contributed by atoms with Crippen LogP contribution in [0.1, 0.15) is 27.9 Å². The summed E-state index contributed by atoms with van der Waals surface area (Å²) in [6, 6.07) is 9.36. The van der Waals surface area contributed by atoms with Crippen LogP contribution in [0.2, 0.25) is 0 Å². The highest BCUT2D eigenvalue weighted by atomic mass is 32.1. The molecule has 3 heterocycles. The first-order valence-corrected chi connectivity index (χ1v) is 10.4. The number of nitrogens with one attached hydrogen (secondary N) is 2. The number of aromatic nitrogens is 1. The molecule has 148 valence electrons. The third-order valence-electron chi connectivity index (χ3n) is 4.92. The molecule has 6 nitrogen and oxygen atoms in total. The molecule has 0 bridgehead atoms. The highest BCUT2D eigenvalue weighted by Gasteiger charge is 2.19. The molecule has 1 aliphatic heterocycles. The van der Waals surface area contributed by atoms with Crippen LogP contribution in [-0.2, 0) is 11.3 Å². The highest BCUT2D eigenvalue weighted by molar-refractivity contribution is 7.19. The van der Waals surface area contributed by atoms with Gasteiger partial charge in [0.2, 0.25) is 0 Å². The maximum Gasteiger partial charge on any atom is 0.272 e. The largest absolute Gasteiger partial charge is 0.494 e. The number of thiophene rings is 1. The summed E-state index contributed by atoms with van der Waals surface area (Å²) in [7, 11) is 0. The van der Waals surface area contributed by atoms with Gasteiger partial charge in [0.25, 0.3) is 5.91 Å². The van der Waals surface area contributed by atoms with Gasteiger partial charge in [0, 0.05) is 35.8 Å². The fourth-order valence-corrected chi connectivity index (χ4v) is 4.51. The van der Waals surface area contributed by atoms with Crippen LogP contribution in [0, 0.1) is 6.92 Å². The Morgan fingerprint density at radius 3 is 2.75 bits per heavy atom. The summed E-state index contributed by atoms with van der Waals surface area (Å²) in [5.41, 5.74) is 3.68. The molecule has 4 rings (SSSR count). The lowest BCUT2D eigenvalue weighted by molar-refractivity contribution is 0.0343. The number of fused-ring (bicyclic) bond motifs is 1. The minimum atomic E-state index is -0.137. The molecule has 28 heavy (non-hydrogen) atoms. The van der Waals surface area contributed by atoms with Crippen LogP contribution in [-0.4, -0.2) is 48.7 Å². The van der Waals surface area contributed by atoms with E-state index in [-0.39, 0.29) is 5.91 Å². The van der Waals surface area contributed by atoms with Gasteiger partial charge >= 0.3 is 0 Å². The number of aryl methyl sites for hydroxylation is 1. The van der Waals surface area contributed by atoms with Crippen molar-refractivity contribution in [3.63, 3.8) is 0 Å². The summed E-state index contributed by atoms with van der Waals surface area (Å²) in [5.74, 6) is 0.659. The van der Waals surface area contributed by atoms with E-state index in [1.54, 1.807) is 11.3 Å². The van der Waals surface area contributed by atoms with Crippen molar-refractivity contribution in [1.82, 2.24) is 9.88 Å². The molecule has 1 amide bonds. The monoisotopic (exact) mass is 399 g/mol. The van der Waals surface area contributed by atoms with Crippen molar-refractivity contribution in [2.75, 3.05) is 38.2 Å². The number of morpholine rings is 1. The Labute approximate surface area is 168 Å². The van der Waals surface area contributed by atoms with E-state index in [2.05, 4.69) is 22.1 Å². The number of carbonyl (C=O) groups excluding carboxylic acids is 1. The molecule has 1 aliphatic rings. The highest BCUT2D eigenvalue weighted by Crippen LogP contribution is 2.32. The number of benzene rings is 1. The van der Waals surface area contributed by atoms with E-state index in [0.717, 1.165) is 54.5 Å². The molecule has 1 fully saturated rings. The van der Waals surface area contributed by atoms with Crippen LogP contribution < -0.4 is 10.1 Å². The summed E-state index contributed by atoms with van der Waals surface area (Å²) in [4.78, 5) is 19.7. The van der Waals surface area contributed by atoms with E-state index in [1.165, 1.54) is 10.4 Å². The first kappa shape index (κ1) is 19.0. The average molecular weight is 400 g/mol. The van der Waals surface area contributed by atoms with Crippen molar-refractivity contribution in [3.05, 3.63) is 46.5 Å². The molecule has 0 unspecified atom stereocenters. The fourth-order valence-electron chi connectivity index (χ4n) is 3.44. The van der Waals surface area contributed by atoms with E-state index >= 15 is 0 Å². The number of hydrogen-bond acceptors (Lipinski definition) is 5. The van der Waals surface area contributed by atoms with Gasteiger partial charge in [-0.05, 0) is 44.2 Å². The first-order chi connectivity index (χ1) is 13.6. The Kier molecular flexibility index (Phi) is 5.66. The summed E-state index contributed by atoms with van der Waals surface area (Å²) >= 11 is 1.73. The maximum atomic E-state index is 12.7. The zero-order valence-corrected chi connectivity index (χ0v) is 17.0. The van der Waals surface area contributed by atoms with Crippen LogP contribution in [0.25, 0.3) is 10.2 Å². The zero-order chi connectivity index (χ0) is 19.5. The van der Waals surface area contributed by atoms with Crippen LogP contribution in [0.3, 0.4) is 0 Å². The number of rotatable bonds is 6. The lowest BCUT2D eigenvalue weighted by Gasteiger charge is -2.26. The smallest absolute Gasteiger partial charge is 0.272 e. The fraction of sp³-hybridized carbons (Fsp3) is 0.381. The summed E-state index contributed by atoms with van der Waals surface area (Å²) in [6.45, 7) is 9.06. The third-order valence-corrected chi connectivity index (χ3v) is 6.02. The Balaban J connectivity index is 1.50. The van der Waals surface area contributed by atoms with Crippen LogP contribution in [0.15, 0.2) is 30.3 Å². The van der Waals surface area contributed by atoms with Gasteiger partial charge in [0.1, 0.15) is 11.4 Å². The van der Waals surface area contributed by atoms with Gasteiger partial charge in [-0.2, -0.15) is 0 Å². The van der Waals surface area contributed by atoms with Crippen molar-refractivity contribution in [1.29, 1.82) is 0 Å². The van der Waals surface area contributed by atoms with Crippen molar-refractivity contribution in [2.45, 2.75) is 20.4 Å². The minimum absolute atomic E-state index is 0.137. The van der Waals surface area contributed by atoms with Crippen LogP contribution in [0.5, 0.6) is 5.75 Å². The molecule has 7 heteroatoms. The van der Waals surface area contributed by atoms with Gasteiger partial charge in [-0.15, -0.1) is 11.3 Å². The SMILES string of the molecule is CCOc1ccc(NC(=O)c2cc3sc(C)c(CN4CCOCC4)c3[nH]2)cc1. The standard InChI is InChI=1S/C21H25N3O3S/c1-3-27-16-6-4-15(5-7-16)22-21(25)18-12-19-20(23-18)17(14(2)28-19)13-24-8-10-26-11-9-24/h4-7,12,23H,3,8-11,13H2,1-2H3,(H,22,25). The lowest BCUT2D eigenvalue weighted by atomic mass is 10.2. The van der Waals surface area contributed by atoms with Gasteiger partial charge in [-0.3, -0.25) is 9.69 Å². The number of ether oxygens (including phenoxy) is 2. The van der Waals surface area contributed by atoms with Crippen molar-refractivity contribution in [3.8, 4) is 5.75 Å². The van der Waals surface area contributed by atoms with E-state index in [4.69, 9.17) is 9.47 Å². The summed E-state index contributed by atoms with van der Waals surface area (Å²) < 4.78 is 12.0.